The summed E-state index contributed by atoms with van der Waals surface area (Å²) in [6, 6.07) is 0. The van der Waals surface area contributed by atoms with E-state index in [1.54, 1.807) is 19.1 Å². The molecule has 0 aromatic heterocycles. The second kappa shape index (κ2) is 20.1. The van der Waals surface area contributed by atoms with Crippen molar-refractivity contribution in [3.05, 3.63) is 36.5 Å². The van der Waals surface area contributed by atoms with E-state index in [0.717, 1.165) is 0 Å². The molecular formula is C52H78O22S2. The van der Waals surface area contributed by atoms with Crippen LogP contribution in [0.25, 0.3) is 0 Å². The zero-order chi connectivity index (χ0) is 54.3. The molecule has 0 aliphatic carbocycles. The van der Waals surface area contributed by atoms with Crippen molar-refractivity contribution in [1.29, 1.82) is 0 Å². The van der Waals surface area contributed by atoms with E-state index in [0.29, 0.717) is 75.4 Å². The number of hydrogen-bond acceptors (Lipinski definition) is 20. The third kappa shape index (κ3) is 10.6. The van der Waals surface area contributed by atoms with Crippen LogP contribution in [-0.4, -0.2) is 205 Å². The van der Waals surface area contributed by atoms with Crippen LogP contribution in [0, 0.1) is 5.92 Å². The average Bonchev–Trinajstić information content (AvgIpc) is 3.53. The average molecular weight is 1120 g/mol. The molecule has 26 atom stereocenters. The summed E-state index contributed by atoms with van der Waals surface area (Å²) < 4.78 is 150. The van der Waals surface area contributed by atoms with E-state index in [1.807, 2.05) is 6.92 Å². The van der Waals surface area contributed by atoms with Gasteiger partial charge in [-0.05, 0) is 77.4 Å². The van der Waals surface area contributed by atoms with Crippen LogP contribution in [0.15, 0.2) is 36.5 Å². The van der Waals surface area contributed by atoms with Gasteiger partial charge in [0.05, 0.1) is 128 Å². The maximum atomic E-state index is 12.3. The Balaban J connectivity index is 0.745. The maximum Gasteiger partial charge on any atom is 0.397 e. The van der Waals surface area contributed by atoms with E-state index < -0.39 is 129 Å². The van der Waals surface area contributed by atoms with E-state index in [-0.39, 0.29) is 74.2 Å². The lowest BCUT2D eigenvalue weighted by Crippen LogP contribution is -2.73. The quantitative estimate of drug-likeness (QED) is 0.119. The van der Waals surface area contributed by atoms with Gasteiger partial charge in [0.15, 0.2) is 0 Å². The van der Waals surface area contributed by atoms with Crippen LogP contribution in [0.4, 0.5) is 0 Å². The number of fused-ring (bicyclic) bond motifs is 10. The van der Waals surface area contributed by atoms with Crippen molar-refractivity contribution in [2.75, 3.05) is 13.2 Å². The Morgan fingerprint density at radius 3 is 1.96 bits per heavy atom. The molecular weight excluding hydrogens is 1040 g/mol. The van der Waals surface area contributed by atoms with Crippen molar-refractivity contribution in [3.63, 3.8) is 0 Å². The van der Waals surface area contributed by atoms with Gasteiger partial charge in [0.1, 0.15) is 35.6 Å². The van der Waals surface area contributed by atoms with Crippen molar-refractivity contribution in [2.24, 2.45) is 5.92 Å². The van der Waals surface area contributed by atoms with Crippen LogP contribution < -0.4 is 0 Å². The van der Waals surface area contributed by atoms with Gasteiger partial charge in [-0.2, -0.15) is 16.8 Å². The third-order valence-corrected chi connectivity index (χ3v) is 20.0. The highest BCUT2D eigenvalue weighted by Crippen LogP contribution is 2.54. The Labute approximate surface area is 445 Å². The summed E-state index contributed by atoms with van der Waals surface area (Å²) >= 11 is 0. The predicted octanol–water partition coefficient (Wildman–Crippen LogP) is 3.09. The number of rotatable bonds is 10. The lowest BCUT2D eigenvalue weighted by molar-refractivity contribution is -0.361. The van der Waals surface area contributed by atoms with Gasteiger partial charge in [0, 0.05) is 51.4 Å². The summed E-state index contributed by atoms with van der Waals surface area (Å²) in [6.07, 6.45) is -2.25. The van der Waals surface area contributed by atoms with Gasteiger partial charge in [0.2, 0.25) is 0 Å². The van der Waals surface area contributed by atoms with Crippen molar-refractivity contribution >= 4 is 20.8 Å². The maximum absolute atomic E-state index is 12.3. The summed E-state index contributed by atoms with van der Waals surface area (Å²) in [5.41, 5.74) is -4.30. The Bertz CT molecular complexity index is 2480. The van der Waals surface area contributed by atoms with Crippen molar-refractivity contribution in [3.8, 4) is 0 Å². The van der Waals surface area contributed by atoms with Gasteiger partial charge in [-0.25, -0.2) is 8.37 Å². The molecule has 0 aromatic carbocycles. The molecule has 0 saturated carbocycles. The highest BCUT2D eigenvalue weighted by Gasteiger charge is 2.66. The van der Waals surface area contributed by atoms with Crippen molar-refractivity contribution in [1.82, 2.24) is 0 Å². The summed E-state index contributed by atoms with van der Waals surface area (Å²) in [7, 11) is -9.74. The second-order valence-corrected chi connectivity index (χ2v) is 27.0. The molecule has 11 heterocycles. The van der Waals surface area contributed by atoms with Crippen LogP contribution >= 0.6 is 0 Å². The fourth-order valence-electron chi connectivity index (χ4n) is 15.1. The van der Waals surface area contributed by atoms with Gasteiger partial charge in [-0.3, -0.25) is 9.11 Å². The zero-order valence-electron chi connectivity index (χ0n) is 44.1. The third-order valence-electron chi connectivity index (χ3n) is 19.1. The Hall–Kier alpha value is -1.60. The number of aliphatic hydroxyl groups is 3. The largest absolute Gasteiger partial charge is 0.397 e. The fourth-order valence-corrected chi connectivity index (χ4v) is 16.0. The van der Waals surface area contributed by atoms with Crippen LogP contribution in [0.1, 0.15) is 119 Å². The topological polar surface area (TPSA) is 289 Å². The molecule has 11 fully saturated rings. The molecule has 24 heteroatoms. The van der Waals surface area contributed by atoms with Gasteiger partial charge in [-0.1, -0.05) is 32.2 Å². The van der Waals surface area contributed by atoms with Crippen molar-refractivity contribution in [2.45, 2.75) is 269 Å². The summed E-state index contributed by atoms with van der Waals surface area (Å²) in [4.78, 5) is 0. The van der Waals surface area contributed by atoms with Gasteiger partial charge < -0.3 is 67.4 Å². The first-order valence-electron chi connectivity index (χ1n) is 27.2. The molecule has 11 rings (SSSR count). The minimum absolute atomic E-state index is 0.000824. The van der Waals surface area contributed by atoms with E-state index in [9.17, 15) is 36.7 Å². The molecule has 11 aliphatic rings. The lowest BCUT2D eigenvalue weighted by Gasteiger charge is -2.59. The molecule has 0 bridgehead atoms. The summed E-state index contributed by atoms with van der Waals surface area (Å²) in [5.74, 6) is -0.0225. The molecule has 76 heavy (non-hydrogen) atoms. The van der Waals surface area contributed by atoms with E-state index in [2.05, 4.69) is 38.1 Å². The first-order chi connectivity index (χ1) is 35.5. The fraction of sp³-hybridized carbons (Fsp3) is 0.885. The molecule has 11 aliphatic heterocycles. The first kappa shape index (κ1) is 56.3. The molecule has 5 N–H and O–H groups in total. The predicted molar refractivity (Wildman–Crippen MR) is 263 cm³/mol. The molecule has 11 saturated heterocycles. The smallest absolute Gasteiger partial charge is 0.392 e. The standard InChI is InChI=1S/C52H78O22S2/c1-25(24-53)9-11-48(4,55)47-26(2)15-36-35(69-47)21-43-52(8,72-36)46(54)45-39(68-43)19-38-44(70-45)27(3)23-51(7)41(67-38)22-40-50(6,74-51)12-10-28-29(66-40)16-31-30(63-28)17-32-33(64-31)18-37-34(65-32)20-42(73-76(59,60)61)49(5,71-37)13-14-62-75(56,57)58/h9,11,27-47,53-55H,1-2,10,12-24H2,3-8H3,(H,56,57,58)(H,59,60,61)/b11-9+/t27-,28-,29+,30+,31-,32-,33+,34+,35+,36-,37-,38-,39+,40-,41+,42-,43-,44+,45+,46+,47-,48+,49+,50+,51-,52-/m0/s1. The minimum Gasteiger partial charge on any atom is -0.392 e. The molecule has 22 nitrogen and oxygen atoms in total. The monoisotopic (exact) mass is 1120 g/mol. The van der Waals surface area contributed by atoms with Crippen molar-refractivity contribution < 1.29 is 102 Å². The molecule has 0 radical (unpaired) electrons. The van der Waals surface area contributed by atoms with E-state index in [4.69, 9.17) is 60.8 Å². The normalized spacial score (nSPS) is 51.9. The molecule has 0 spiro atoms. The molecule has 430 valence electrons. The number of ether oxygens (including phenoxy) is 11. The second-order valence-electron chi connectivity index (χ2n) is 24.8. The Morgan fingerprint density at radius 2 is 1.29 bits per heavy atom. The van der Waals surface area contributed by atoms with Gasteiger partial charge in [-0.15, -0.1) is 0 Å². The van der Waals surface area contributed by atoms with Crippen LogP contribution in [0.3, 0.4) is 0 Å². The van der Waals surface area contributed by atoms with Crippen LogP contribution in [0.5, 0.6) is 0 Å². The highest BCUT2D eigenvalue weighted by atomic mass is 32.3. The minimum atomic E-state index is -4.95. The molecule has 0 unspecified atom stereocenters. The zero-order valence-corrected chi connectivity index (χ0v) is 45.7. The Morgan fingerprint density at radius 1 is 0.711 bits per heavy atom. The first-order valence-corrected chi connectivity index (χ1v) is 29.9. The molecule has 0 aromatic rings. The molecule has 0 amide bonds. The summed E-state index contributed by atoms with van der Waals surface area (Å²) in [5, 5.41) is 33.2. The van der Waals surface area contributed by atoms with Gasteiger partial charge in [0.25, 0.3) is 0 Å². The lowest BCUT2D eigenvalue weighted by atomic mass is 9.74. The van der Waals surface area contributed by atoms with Crippen LogP contribution in [-0.2, 0) is 81.3 Å². The Kier molecular flexibility index (Phi) is 14.9. The van der Waals surface area contributed by atoms with Crippen LogP contribution in [0.2, 0.25) is 0 Å². The number of aliphatic hydroxyl groups excluding tert-OH is 2. The highest BCUT2D eigenvalue weighted by molar-refractivity contribution is 7.81. The van der Waals surface area contributed by atoms with E-state index >= 15 is 0 Å². The summed E-state index contributed by atoms with van der Waals surface area (Å²) in [6.45, 7) is 18.7. The SMILES string of the molecule is C=C(/C=C/[C@@](C)(O)[C@H]1O[C@@H]2C[C@@H]3O[C@@H]4C[C@@H]5O[C@@H]6C[C@@H]7O[C@@H]8C[C@@H]9O[C@@H]%10C[C@@H]%11O[C@](C)(CCOS(=O)(=O)O)[C@@H](OS(=O)(=O)O)C[C@H]%11O[C@H]%10C[C@H]9O[C@H]8CC[C@@]7(C)O[C@@]6(C)C[C@H](C)[C@H]5O[C@H]4[C@@H](O)[C@@]3(C)O[C@H]2CC1=C)CO. The van der Waals surface area contributed by atoms with Gasteiger partial charge >= 0.3 is 20.8 Å². The number of hydrogen-bond donors (Lipinski definition) is 5. The van der Waals surface area contributed by atoms with E-state index in [1.165, 1.54) is 6.92 Å².